The summed E-state index contributed by atoms with van der Waals surface area (Å²) in [6, 6.07) is 2.00. The molecule has 1 fully saturated rings. The minimum Gasteiger partial charge on any atom is -0.339 e. The third-order valence-corrected chi connectivity index (χ3v) is 4.11. The van der Waals surface area contributed by atoms with E-state index in [2.05, 4.69) is 25.5 Å². The lowest BCUT2D eigenvalue weighted by Crippen LogP contribution is -2.10. The highest BCUT2D eigenvalue weighted by Gasteiger charge is 2.20. The van der Waals surface area contributed by atoms with Gasteiger partial charge in [-0.2, -0.15) is 10.1 Å². The van der Waals surface area contributed by atoms with Crippen molar-refractivity contribution in [3.8, 4) is 11.4 Å². The molecule has 1 aliphatic heterocycles. The summed E-state index contributed by atoms with van der Waals surface area (Å²) < 4.78 is 7.21. The summed E-state index contributed by atoms with van der Waals surface area (Å²) in [6.07, 6.45) is 3.74. The average Bonchev–Trinajstić information content (AvgIpc) is 3.19. The van der Waals surface area contributed by atoms with Gasteiger partial charge in [0.1, 0.15) is 0 Å². The van der Waals surface area contributed by atoms with Crippen LogP contribution in [0.4, 0.5) is 0 Å². The number of fused-ring (bicyclic) bond motifs is 1. The number of aromatic nitrogens is 5. The number of nitrogens with zero attached hydrogens (tertiary/aromatic N) is 5. The van der Waals surface area contributed by atoms with E-state index in [0.717, 1.165) is 48.5 Å². The fourth-order valence-electron chi connectivity index (χ4n) is 3.01. The van der Waals surface area contributed by atoms with Crippen molar-refractivity contribution in [3.05, 3.63) is 29.5 Å². The van der Waals surface area contributed by atoms with Gasteiger partial charge in [0.2, 0.25) is 11.7 Å². The van der Waals surface area contributed by atoms with Crippen LogP contribution in [0, 0.1) is 19.8 Å². The molecule has 3 aromatic rings. The summed E-state index contributed by atoms with van der Waals surface area (Å²) in [5.41, 5.74) is 3.57. The van der Waals surface area contributed by atoms with E-state index in [1.165, 1.54) is 0 Å². The van der Waals surface area contributed by atoms with E-state index in [1.54, 1.807) is 10.7 Å². The molecule has 0 amide bonds. The first kappa shape index (κ1) is 13.4. The van der Waals surface area contributed by atoms with Gasteiger partial charge in [0.25, 0.3) is 0 Å². The van der Waals surface area contributed by atoms with E-state index in [0.29, 0.717) is 17.6 Å². The van der Waals surface area contributed by atoms with E-state index in [-0.39, 0.29) is 0 Å². The quantitative estimate of drug-likeness (QED) is 0.790. The predicted molar refractivity (Wildman–Crippen MR) is 80.4 cm³/mol. The Bertz CT molecular complexity index is 815. The normalized spacial score (nSPS) is 18.4. The Morgan fingerprint density at radius 2 is 2.27 bits per heavy atom. The zero-order valence-electron chi connectivity index (χ0n) is 12.7. The highest BCUT2D eigenvalue weighted by molar-refractivity contribution is 5.72. The van der Waals surface area contributed by atoms with Gasteiger partial charge in [-0.3, -0.25) is 0 Å². The highest BCUT2D eigenvalue weighted by atomic mass is 16.5. The second-order valence-electron chi connectivity index (χ2n) is 5.91. The van der Waals surface area contributed by atoms with Gasteiger partial charge in [-0.05, 0) is 45.3 Å². The van der Waals surface area contributed by atoms with Gasteiger partial charge in [-0.15, -0.1) is 0 Å². The standard InChI is InChI=1S/C15H18N6O/c1-9-5-10(2)21-15(18-9)12(8-17-21)14-19-13(22-20-14)6-11-3-4-16-7-11/h5,8,11,16H,3-4,6-7H2,1-2H3. The largest absolute Gasteiger partial charge is 0.339 e. The van der Waals surface area contributed by atoms with Crippen LogP contribution >= 0.6 is 0 Å². The van der Waals surface area contributed by atoms with E-state index in [1.807, 2.05) is 19.9 Å². The molecule has 1 unspecified atom stereocenters. The third-order valence-electron chi connectivity index (χ3n) is 4.11. The molecule has 1 saturated heterocycles. The van der Waals surface area contributed by atoms with Gasteiger partial charge in [0.05, 0.1) is 11.8 Å². The van der Waals surface area contributed by atoms with Crippen molar-refractivity contribution in [1.29, 1.82) is 0 Å². The van der Waals surface area contributed by atoms with Gasteiger partial charge in [-0.1, -0.05) is 5.16 Å². The molecule has 0 saturated carbocycles. The fraction of sp³-hybridized carbons (Fsp3) is 0.467. The Kier molecular flexibility index (Phi) is 3.15. The van der Waals surface area contributed by atoms with Crippen LogP contribution < -0.4 is 5.32 Å². The average molecular weight is 298 g/mol. The molecule has 0 aliphatic carbocycles. The fourth-order valence-corrected chi connectivity index (χ4v) is 3.01. The van der Waals surface area contributed by atoms with Gasteiger partial charge >= 0.3 is 0 Å². The summed E-state index contributed by atoms with van der Waals surface area (Å²) >= 11 is 0. The lowest BCUT2D eigenvalue weighted by Gasteiger charge is -2.02. The third kappa shape index (κ3) is 2.27. The molecule has 0 spiro atoms. The second-order valence-corrected chi connectivity index (χ2v) is 5.91. The summed E-state index contributed by atoms with van der Waals surface area (Å²) in [4.78, 5) is 9.08. The predicted octanol–water partition coefficient (Wildman–Crippen LogP) is 1.55. The Morgan fingerprint density at radius 3 is 3.09 bits per heavy atom. The molecule has 7 nitrogen and oxygen atoms in total. The lowest BCUT2D eigenvalue weighted by molar-refractivity contribution is 0.358. The zero-order valence-corrected chi connectivity index (χ0v) is 12.7. The minimum atomic E-state index is 0.563. The molecule has 114 valence electrons. The first-order valence-corrected chi connectivity index (χ1v) is 7.56. The maximum atomic E-state index is 5.41. The molecule has 1 aliphatic rings. The van der Waals surface area contributed by atoms with Crippen LogP contribution in [0.15, 0.2) is 16.8 Å². The zero-order chi connectivity index (χ0) is 15.1. The summed E-state index contributed by atoms with van der Waals surface area (Å²) in [7, 11) is 0. The van der Waals surface area contributed by atoms with Crippen LogP contribution in [0.2, 0.25) is 0 Å². The van der Waals surface area contributed by atoms with Crippen molar-refractivity contribution in [3.63, 3.8) is 0 Å². The summed E-state index contributed by atoms with van der Waals surface area (Å²) in [5.74, 6) is 1.83. The molecule has 4 heterocycles. The van der Waals surface area contributed by atoms with Crippen molar-refractivity contribution < 1.29 is 4.52 Å². The Balaban J connectivity index is 1.68. The number of nitrogens with one attached hydrogen (secondary N) is 1. The molecular weight excluding hydrogens is 280 g/mol. The van der Waals surface area contributed by atoms with E-state index < -0.39 is 0 Å². The molecule has 0 bridgehead atoms. The maximum absolute atomic E-state index is 5.41. The molecule has 1 atom stereocenters. The van der Waals surface area contributed by atoms with E-state index in [9.17, 15) is 0 Å². The van der Waals surface area contributed by atoms with Crippen molar-refractivity contribution >= 4 is 5.65 Å². The van der Waals surface area contributed by atoms with Gasteiger partial charge in [0, 0.05) is 17.8 Å². The van der Waals surface area contributed by atoms with Crippen LogP contribution in [-0.2, 0) is 6.42 Å². The highest BCUT2D eigenvalue weighted by Crippen LogP contribution is 2.23. The number of rotatable bonds is 3. The molecule has 3 aromatic heterocycles. The summed E-state index contributed by atoms with van der Waals surface area (Å²) in [5, 5.41) is 11.8. The number of hydrogen-bond acceptors (Lipinski definition) is 6. The van der Waals surface area contributed by atoms with Crippen LogP contribution in [0.3, 0.4) is 0 Å². The molecule has 22 heavy (non-hydrogen) atoms. The maximum Gasteiger partial charge on any atom is 0.227 e. The first-order chi connectivity index (χ1) is 10.7. The van der Waals surface area contributed by atoms with Crippen molar-refractivity contribution in [2.24, 2.45) is 5.92 Å². The Morgan fingerprint density at radius 1 is 1.36 bits per heavy atom. The topological polar surface area (TPSA) is 81.1 Å². The van der Waals surface area contributed by atoms with Crippen molar-refractivity contribution in [1.82, 2.24) is 30.1 Å². The molecule has 4 rings (SSSR count). The summed E-state index contributed by atoms with van der Waals surface area (Å²) in [6.45, 7) is 6.07. The lowest BCUT2D eigenvalue weighted by atomic mass is 10.1. The van der Waals surface area contributed by atoms with Gasteiger partial charge in [-0.25, -0.2) is 9.50 Å². The van der Waals surface area contributed by atoms with Crippen molar-refractivity contribution in [2.75, 3.05) is 13.1 Å². The van der Waals surface area contributed by atoms with Crippen LogP contribution in [-0.4, -0.2) is 37.8 Å². The van der Waals surface area contributed by atoms with Crippen LogP contribution in [0.25, 0.3) is 17.0 Å². The smallest absolute Gasteiger partial charge is 0.227 e. The molecule has 0 radical (unpaired) electrons. The second kappa shape index (κ2) is 5.17. The Hall–Kier alpha value is -2.28. The SMILES string of the molecule is Cc1cc(C)n2ncc(-c3noc(CC4CCNC4)n3)c2n1. The van der Waals surface area contributed by atoms with Gasteiger partial charge in [0.15, 0.2) is 5.65 Å². The minimum absolute atomic E-state index is 0.563. The van der Waals surface area contributed by atoms with Crippen molar-refractivity contribution in [2.45, 2.75) is 26.7 Å². The van der Waals surface area contributed by atoms with Crippen LogP contribution in [0.1, 0.15) is 23.7 Å². The first-order valence-electron chi connectivity index (χ1n) is 7.56. The molecule has 7 heteroatoms. The van der Waals surface area contributed by atoms with E-state index in [4.69, 9.17) is 4.52 Å². The monoisotopic (exact) mass is 298 g/mol. The number of hydrogen-bond donors (Lipinski definition) is 1. The van der Waals surface area contributed by atoms with Crippen LogP contribution in [0.5, 0.6) is 0 Å². The molecule has 1 N–H and O–H groups in total. The number of aryl methyl sites for hydroxylation is 2. The molecular formula is C15H18N6O. The van der Waals surface area contributed by atoms with E-state index >= 15 is 0 Å². The Labute approximate surface area is 127 Å². The van der Waals surface area contributed by atoms with Gasteiger partial charge < -0.3 is 9.84 Å². The molecule has 0 aromatic carbocycles.